The van der Waals surface area contributed by atoms with Crippen molar-refractivity contribution in [2.45, 2.75) is 26.2 Å². The van der Waals surface area contributed by atoms with Crippen LogP contribution < -0.4 is 0 Å². The van der Waals surface area contributed by atoms with Crippen LogP contribution in [-0.2, 0) is 0 Å². The monoisotopic (exact) mass is 281 g/mol. The molecule has 0 atom stereocenters. The van der Waals surface area contributed by atoms with Gasteiger partial charge in [-0.3, -0.25) is 4.90 Å². The molecule has 0 amide bonds. The van der Waals surface area contributed by atoms with Gasteiger partial charge in [0.1, 0.15) is 0 Å². The third-order valence-electron chi connectivity index (χ3n) is 4.15. The summed E-state index contributed by atoms with van der Waals surface area (Å²) in [5.41, 5.74) is 4.66. The van der Waals surface area contributed by atoms with E-state index in [-0.39, 0.29) is 0 Å². The summed E-state index contributed by atoms with van der Waals surface area (Å²) in [5.74, 6) is 0. The normalized spacial score (nSPS) is 16.0. The van der Waals surface area contributed by atoms with E-state index < -0.39 is 0 Å². The predicted molar refractivity (Wildman–Crippen MR) is 87.6 cm³/mol. The first-order valence-corrected chi connectivity index (χ1v) is 7.74. The van der Waals surface area contributed by atoms with E-state index in [0.29, 0.717) is 0 Å². The lowest BCUT2D eigenvalue weighted by Gasteiger charge is -2.26. The van der Waals surface area contributed by atoms with Gasteiger partial charge in [0.25, 0.3) is 0 Å². The molecular weight excluding hydrogens is 258 g/mol. The summed E-state index contributed by atoms with van der Waals surface area (Å²) < 4.78 is 1.93. The summed E-state index contributed by atoms with van der Waals surface area (Å²) in [6.07, 6.45) is 8.00. The number of rotatable bonds is 4. The Kier molecular flexibility index (Phi) is 4.20. The minimum atomic E-state index is 0.958. The van der Waals surface area contributed by atoms with Crippen LogP contribution in [0.3, 0.4) is 0 Å². The van der Waals surface area contributed by atoms with Crippen molar-refractivity contribution < 1.29 is 0 Å². The zero-order chi connectivity index (χ0) is 14.7. The molecular formula is C18H23N3. The first-order valence-electron chi connectivity index (χ1n) is 7.74. The molecule has 3 heteroatoms. The number of aryl methyl sites for hydroxylation is 1. The van der Waals surface area contributed by atoms with Crippen LogP contribution in [0.5, 0.6) is 0 Å². The fourth-order valence-electron chi connectivity index (χ4n) is 2.82. The molecule has 3 rings (SSSR count). The molecule has 110 valence electrons. The maximum atomic E-state index is 4.47. The van der Waals surface area contributed by atoms with Crippen LogP contribution in [0.2, 0.25) is 0 Å². The molecule has 0 unspecified atom stereocenters. The molecule has 21 heavy (non-hydrogen) atoms. The molecule has 2 aromatic rings. The Bertz CT molecular complexity index is 604. The van der Waals surface area contributed by atoms with Gasteiger partial charge in [-0.2, -0.15) is 5.10 Å². The molecule has 0 spiro atoms. The topological polar surface area (TPSA) is 21.1 Å². The Balaban J connectivity index is 1.69. The number of piperidine rings is 1. The van der Waals surface area contributed by atoms with Gasteiger partial charge >= 0.3 is 0 Å². The van der Waals surface area contributed by atoms with Crippen LogP contribution in [0.25, 0.3) is 11.3 Å². The van der Waals surface area contributed by atoms with Gasteiger partial charge in [-0.1, -0.05) is 30.7 Å². The minimum Gasteiger partial charge on any atom is -0.299 e. The number of hydrogen-bond donors (Lipinski definition) is 0. The molecule has 0 N–H and O–H groups in total. The second kappa shape index (κ2) is 6.27. The highest BCUT2D eigenvalue weighted by Crippen LogP contribution is 2.18. The number of aromatic nitrogens is 2. The standard InChI is InChI=1S/C18H23N3/c1-15-6-8-18(9-7-15)21-14-17(12-19-21)16(2)13-20-10-4-3-5-11-20/h6-9,12,14H,2-5,10-11,13H2,1H3. The predicted octanol–water partition coefficient (Wildman–Crippen LogP) is 3.68. The molecule has 1 fully saturated rings. The van der Waals surface area contributed by atoms with E-state index in [4.69, 9.17) is 0 Å². The SMILES string of the molecule is C=C(CN1CCCCC1)c1cnn(-c2ccc(C)cc2)c1. The van der Waals surface area contributed by atoms with E-state index in [0.717, 1.165) is 23.4 Å². The number of likely N-dealkylation sites (tertiary alicyclic amines) is 1. The molecule has 1 aromatic carbocycles. The molecule has 0 radical (unpaired) electrons. The van der Waals surface area contributed by atoms with Crippen molar-refractivity contribution in [3.8, 4) is 5.69 Å². The Morgan fingerprint density at radius 3 is 2.57 bits per heavy atom. The highest BCUT2D eigenvalue weighted by Gasteiger charge is 2.12. The highest BCUT2D eigenvalue weighted by atomic mass is 15.3. The number of hydrogen-bond acceptors (Lipinski definition) is 2. The zero-order valence-electron chi connectivity index (χ0n) is 12.8. The second-order valence-corrected chi connectivity index (χ2v) is 5.95. The fraction of sp³-hybridized carbons (Fsp3) is 0.389. The lowest BCUT2D eigenvalue weighted by atomic mass is 10.1. The molecule has 2 heterocycles. The number of benzene rings is 1. The first kappa shape index (κ1) is 14.1. The molecule has 1 aliphatic heterocycles. The molecule has 1 aromatic heterocycles. The summed E-state index contributed by atoms with van der Waals surface area (Å²) in [6, 6.07) is 8.41. The summed E-state index contributed by atoms with van der Waals surface area (Å²) >= 11 is 0. The van der Waals surface area contributed by atoms with Crippen LogP contribution >= 0.6 is 0 Å². The molecule has 1 aliphatic rings. The van der Waals surface area contributed by atoms with E-state index in [1.54, 1.807) is 0 Å². The lowest BCUT2D eigenvalue weighted by Crippen LogP contribution is -2.30. The van der Waals surface area contributed by atoms with Crippen LogP contribution in [0, 0.1) is 6.92 Å². The second-order valence-electron chi connectivity index (χ2n) is 5.95. The quantitative estimate of drug-likeness (QED) is 0.852. The van der Waals surface area contributed by atoms with Crippen molar-refractivity contribution in [1.29, 1.82) is 0 Å². The summed E-state index contributed by atoms with van der Waals surface area (Å²) in [6.45, 7) is 9.70. The summed E-state index contributed by atoms with van der Waals surface area (Å²) in [7, 11) is 0. The molecule has 0 saturated carbocycles. The van der Waals surface area contributed by atoms with Gasteiger partial charge in [0.15, 0.2) is 0 Å². The summed E-state index contributed by atoms with van der Waals surface area (Å²) in [5, 5.41) is 4.47. The third kappa shape index (κ3) is 3.42. The zero-order valence-corrected chi connectivity index (χ0v) is 12.8. The Morgan fingerprint density at radius 1 is 1.14 bits per heavy atom. The van der Waals surface area contributed by atoms with Gasteiger partial charge in [-0.05, 0) is 50.6 Å². The van der Waals surface area contributed by atoms with Crippen molar-refractivity contribution in [2.24, 2.45) is 0 Å². The number of nitrogens with zero attached hydrogens (tertiary/aromatic N) is 3. The smallest absolute Gasteiger partial charge is 0.0645 e. The van der Waals surface area contributed by atoms with Crippen molar-refractivity contribution in [1.82, 2.24) is 14.7 Å². The van der Waals surface area contributed by atoms with Gasteiger partial charge in [0, 0.05) is 18.3 Å². The van der Waals surface area contributed by atoms with Gasteiger partial charge in [0.05, 0.1) is 11.9 Å². The van der Waals surface area contributed by atoms with Gasteiger partial charge in [-0.15, -0.1) is 0 Å². The molecule has 1 saturated heterocycles. The van der Waals surface area contributed by atoms with Crippen molar-refractivity contribution in [3.05, 3.63) is 54.4 Å². The molecule has 3 nitrogen and oxygen atoms in total. The highest BCUT2D eigenvalue weighted by molar-refractivity contribution is 5.63. The van der Waals surface area contributed by atoms with E-state index in [1.807, 2.05) is 10.9 Å². The average molecular weight is 281 g/mol. The van der Waals surface area contributed by atoms with Crippen LogP contribution in [0.1, 0.15) is 30.4 Å². The summed E-state index contributed by atoms with van der Waals surface area (Å²) in [4.78, 5) is 2.50. The van der Waals surface area contributed by atoms with Crippen LogP contribution in [0.4, 0.5) is 0 Å². The van der Waals surface area contributed by atoms with Gasteiger partial charge in [0.2, 0.25) is 0 Å². The lowest BCUT2D eigenvalue weighted by molar-refractivity contribution is 0.255. The molecule has 0 bridgehead atoms. The largest absolute Gasteiger partial charge is 0.299 e. The Labute approximate surface area is 126 Å². The van der Waals surface area contributed by atoms with E-state index >= 15 is 0 Å². The van der Waals surface area contributed by atoms with Gasteiger partial charge in [-0.25, -0.2) is 4.68 Å². The first-order chi connectivity index (χ1) is 10.2. The van der Waals surface area contributed by atoms with Crippen LogP contribution in [-0.4, -0.2) is 34.3 Å². The Morgan fingerprint density at radius 2 is 1.86 bits per heavy atom. The van der Waals surface area contributed by atoms with Crippen molar-refractivity contribution >= 4 is 5.57 Å². The van der Waals surface area contributed by atoms with Crippen LogP contribution in [0.15, 0.2) is 43.2 Å². The maximum Gasteiger partial charge on any atom is 0.0645 e. The third-order valence-corrected chi connectivity index (χ3v) is 4.15. The van der Waals surface area contributed by atoms with E-state index in [1.165, 1.54) is 37.9 Å². The molecule has 0 aliphatic carbocycles. The van der Waals surface area contributed by atoms with E-state index in [2.05, 4.69) is 54.0 Å². The Hall–Kier alpha value is -1.87. The maximum absolute atomic E-state index is 4.47. The van der Waals surface area contributed by atoms with Crippen molar-refractivity contribution in [3.63, 3.8) is 0 Å². The van der Waals surface area contributed by atoms with Gasteiger partial charge < -0.3 is 0 Å². The minimum absolute atomic E-state index is 0.958. The average Bonchev–Trinajstić information content (AvgIpc) is 2.99. The van der Waals surface area contributed by atoms with Crippen molar-refractivity contribution in [2.75, 3.05) is 19.6 Å². The van der Waals surface area contributed by atoms with E-state index in [9.17, 15) is 0 Å². The fourth-order valence-corrected chi connectivity index (χ4v) is 2.82.